The Bertz CT molecular complexity index is 392. The maximum atomic E-state index is 8.87. The van der Waals surface area contributed by atoms with E-state index in [0.717, 1.165) is 25.7 Å². The molecule has 1 aromatic carbocycles. The monoisotopic (exact) mass is 375 g/mol. The fraction of sp³-hybridized carbons (Fsp3) is 0.625. The number of unbranched alkanes of at least 4 members (excludes halogenated alkanes) is 4. The maximum absolute atomic E-state index is 8.87. The Morgan fingerprint density at radius 2 is 1.48 bits per heavy atom. The molecule has 1 rings (SSSR count). The van der Waals surface area contributed by atoms with Crippen LogP contribution in [0.15, 0.2) is 18.2 Å². The van der Waals surface area contributed by atoms with Crippen LogP contribution < -0.4 is 10.1 Å². The number of hydrogen-bond acceptors (Lipinski definition) is 3. The van der Waals surface area contributed by atoms with E-state index in [1.165, 1.54) is 27.6 Å². The summed E-state index contributed by atoms with van der Waals surface area (Å²) in [6.45, 7) is 0.578. The average molecular weight is 376 g/mol. The van der Waals surface area contributed by atoms with E-state index in [1.54, 1.807) is 0 Å². The first-order chi connectivity index (χ1) is 10.2. The van der Waals surface area contributed by atoms with Crippen LogP contribution in [0.4, 0.5) is 5.69 Å². The first kappa shape index (κ1) is 18.8. The molecule has 120 valence electrons. The standard InChI is InChI=1S/C16H27AsClNO2/c18-15-13-14(7-8-16(15)19)17(9-3-1-5-11-20)10-4-2-6-12-21/h7-8,13,20-21H,1-6,9-12,19H2. The zero-order chi connectivity index (χ0) is 15.5. The normalized spacial score (nSPS) is 11.2. The number of nitrogen functional groups attached to an aromatic ring is 1. The summed E-state index contributed by atoms with van der Waals surface area (Å²) in [5.74, 6) is 0. The molecule has 0 aliphatic heterocycles. The summed E-state index contributed by atoms with van der Waals surface area (Å²) in [5.41, 5.74) is 6.45. The zero-order valence-electron chi connectivity index (χ0n) is 12.6. The fourth-order valence-corrected chi connectivity index (χ4v) is 7.96. The topological polar surface area (TPSA) is 66.5 Å². The molecule has 0 radical (unpaired) electrons. The summed E-state index contributed by atoms with van der Waals surface area (Å²) >= 11 is 5.05. The van der Waals surface area contributed by atoms with E-state index in [0.29, 0.717) is 10.7 Å². The van der Waals surface area contributed by atoms with Gasteiger partial charge in [-0.3, -0.25) is 0 Å². The molecule has 0 spiro atoms. The second-order valence-corrected chi connectivity index (χ2v) is 10.9. The molecule has 0 atom stereocenters. The van der Waals surface area contributed by atoms with Gasteiger partial charge in [-0.05, 0) is 0 Å². The number of benzene rings is 1. The molecule has 0 unspecified atom stereocenters. The van der Waals surface area contributed by atoms with E-state index in [1.807, 2.05) is 6.07 Å². The van der Waals surface area contributed by atoms with Crippen molar-refractivity contribution in [2.45, 2.75) is 48.9 Å². The van der Waals surface area contributed by atoms with Crippen molar-refractivity contribution >= 4 is 36.3 Å². The molecule has 0 heterocycles. The third kappa shape index (κ3) is 7.56. The summed E-state index contributed by atoms with van der Waals surface area (Å²) in [5, 5.41) is 20.9. The van der Waals surface area contributed by atoms with Gasteiger partial charge in [0.15, 0.2) is 0 Å². The molecule has 21 heavy (non-hydrogen) atoms. The van der Waals surface area contributed by atoms with Crippen molar-refractivity contribution in [2.24, 2.45) is 0 Å². The molecule has 3 nitrogen and oxygen atoms in total. The quantitative estimate of drug-likeness (QED) is 0.316. The van der Waals surface area contributed by atoms with E-state index in [-0.39, 0.29) is 13.2 Å². The van der Waals surface area contributed by atoms with E-state index < -0.39 is 14.7 Å². The van der Waals surface area contributed by atoms with Crippen LogP contribution >= 0.6 is 11.6 Å². The molecule has 4 N–H and O–H groups in total. The van der Waals surface area contributed by atoms with Gasteiger partial charge in [-0.2, -0.15) is 0 Å². The van der Waals surface area contributed by atoms with Crippen LogP contribution in [0.3, 0.4) is 0 Å². The van der Waals surface area contributed by atoms with Gasteiger partial charge in [0.1, 0.15) is 0 Å². The molecular weight excluding hydrogens is 349 g/mol. The summed E-state index contributed by atoms with van der Waals surface area (Å²) in [6, 6.07) is 6.11. The van der Waals surface area contributed by atoms with Gasteiger partial charge in [0, 0.05) is 0 Å². The molecule has 0 saturated heterocycles. The second-order valence-electron chi connectivity index (χ2n) is 5.26. The Balaban J connectivity index is 2.58. The van der Waals surface area contributed by atoms with Crippen LogP contribution in [-0.4, -0.2) is 38.1 Å². The molecule has 0 bridgehead atoms. The summed E-state index contributed by atoms with van der Waals surface area (Å²) in [7, 11) is 0. The van der Waals surface area contributed by atoms with E-state index in [2.05, 4.69) is 12.1 Å². The van der Waals surface area contributed by atoms with Crippen LogP contribution in [0, 0.1) is 0 Å². The van der Waals surface area contributed by atoms with E-state index in [9.17, 15) is 0 Å². The molecule has 0 aliphatic carbocycles. The number of aliphatic hydroxyl groups excluding tert-OH is 2. The predicted molar refractivity (Wildman–Crippen MR) is 92.7 cm³/mol. The number of halogens is 1. The molecule has 5 heteroatoms. The molecular formula is C16H27AsClNO2. The van der Waals surface area contributed by atoms with Gasteiger partial charge in [0.2, 0.25) is 0 Å². The first-order valence-electron chi connectivity index (χ1n) is 7.70. The summed E-state index contributed by atoms with van der Waals surface area (Å²) in [6.07, 6.45) is 6.36. The number of hydrogen-bond donors (Lipinski definition) is 3. The first-order valence-corrected chi connectivity index (χ1v) is 11.7. The average Bonchev–Trinajstić information content (AvgIpc) is 2.48. The SMILES string of the molecule is Nc1ccc([As](CCCCCO)CCCCCO)cc1Cl. The third-order valence-electron chi connectivity index (χ3n) is 3.52. The number of anilines is 1. The van der Waals surface area contributed by atoms with Crippen molar-refractivity contribution in [1.82, 2.24) is 0 Å². The minimum atomic E-state index is -1.11. The van der Waals surface area contributed by atoms with Crippen LogP contribution in [0.5, 0.6) is 0 Å². The van der Waals surface area contributed by atoms with Gasteiger partial charge in [0.25, 0.3) is 0 Å². The summed E-state index contributed by atoms with van der Waals surface area (Å²) < 4.78 is 1.40. The fourth-order valence-electron chi connectivity index (χ4n) is 2.27. The van der Waals surface area contributed by atoms with Crippen molar-refractivity contribution < 1.29 is 10.2 Å². The molecule has 0 saturated carbocycles. The minimum absolute atomic E-state index is 0.289. The van der Waals surface area contributed by atoms with Gasteiger partial charge in [-0.15, -0.1) is 0 Å². The van der Waals surface area contributed by atoms with Crippen molar-refractivity contribution in [3.63, 3.8) is 0 Å². The Morgan fingerprint density at radius 1 is 0.905 bits per heavy atom. The Kier molecular flexibility index (Phi) is 10.2. The second kappa shape index (κ2) is 11.4. The van der Waals surface area contributed by atoms with Crippen molar-refractivity contribution in [2.75, 3.05) is 18.9 Å². The molecule has 0 aromatic heterocycles. The van der Waals surface area contributed by atoms with Gasteiger partial charge >= 0.3 is 138 Å². The zero-order valence-corrected chi connectivity index (χ0v) is 15.2. The van der Waals surface area contributed by atoms with Gasteiger partial charge in [0.05, 0.1) is 0 Å². The van der Waals surface area contributed by atoms with Crippen LogP contribution in [0.25, 0.3) is 0 Å². The molecule has 1 aromatic rings. The van der Waals surface area contributed by atoms with Crippen molar-refractivity contribution in [3.05, 3.63) is 23.2 Å². The Morgan fingerprint density at radius 3 is 1.95 bits per heavy atom. The molecule has 0 amide bonds. The van der Waals surface area contributed by atoms with Crippen LogP contribution in [0.1, 0.15) is 38.5 Å². The Labute approximate surface area is 137 Å². The van der Waals surface area contributed by atoms with Gasteiger partial charge in [-0.1, -0.05) is 0 Å². The predicted octanol–water partition coefficient (Wildman–Crippen LogP) is 2.95. The van der Waals surface area contributed by atoms with Gasteiger partial charge in [-0.25, -0.2) is 0 Å². The summed E-state index contributed by atoms with van der Waals surface area (Å²) in [4.78, 5) is 0. The van der Waals surface area contributed by atoms with E-state index in [4.69, 9.17) is 27.5 Å². The van der Waals surface area contributed by atoms with Crippen LogP contribution in [0.2, 0.25) is 15.4 Å². The third-order valence-corrected chi connectivity index (χ3v) is 9.56. The number of rotatable bonds is 11. The van der Waals surface area contributed by atoms with Gasteiger partial charge < -0.3 is 0 Å². The van der Waals surface area contributed by atoms with Crippen LogP contribution in [-0.2, 0) is 0 Å². The number of aliphatic hydroxyl groups is 2. The Hall–Kier alpha value is -0.212. The van der Waals surface area contributed by atoms with Crippen molar-refractivity contribution in [3.8, 4) is 0 Å². The molecule has 0 fully saturated rings. The number of nitrogens with two attached hydrogens (primary N) is 1. The van der Waals surface area contributed by atoms with E-state index >= 15 is 0 Å². The molecule has 0 aliphatic rings. The van der Waals surface area contributed by atoms with Crippen molar-refractivity contribution in [1.29, 1.82) is 0 Å².